The van der Waals surface area contributed by atoms with Crippen LogP contribution in [-0.2, 0) is 4.74 Å². The number of nitrogens with zero attached hydrogens (tertiary/aromatic N) is 1. The molecule has 132 valence electrons. The maximum absolute atomic E-state index is 6.07. The Bertz CT molecular complexity index is 774. The topological polar surface area (TPSA) is 21.7 Å². The molecular formula is C23H23NO2. The molecule has 3 aromatic rings. The molecule has 1 aliphatic heterocycles. The van der Waals surface area contributed by atoms with Crippen molar-refractivity contribution in [1.82, 2.24) is 0 Å². The van der Waals surface area contributed by atoms with Crippen LogP contribution in [0.2, 0.25) is 0 Å². The minimum atomic E-state index is -0.138. The highest BCUT2D eigenvalue weighted by molar-refractivity contribution is 5.76. The first-order valence-electron chi connectivity index (χ1n) is 9.19. The van der Waals surface area contributed by atoms with Crippen molar-refractivity contribution in [3.63, 3.8) is 0 Å². The zero-order chi connectivity index (χ0) is 17.6. The minimum Gasteiger partial charge on any atom is -0.465 e. The lowest BCUT2D eigenvalue weighted by atomic mass is 10.2. The molecule has 0 bridgehead atoms. The predicted octanol–water partition coefficient (Wildman–Crippen LogP) is 6.06. The highest BCUT2D eigenvalue weighted by atomic mass is 16.7. The Morgan fingerprint density at radius 1 is 0.731 bits per heavy atom. The maximum Gasteiger partial charge on any atom is 0.199 e. The third-order valence-electron chi connectivity index (χ3n) is 4.51. The van der Waals surface area contributed by atoms with E-state index in [1.165, 1.54) is 0 Å². The van der Waals surface area contributed by atoms with E-state index in [0.29, 0.717) is 0 Å². The zero-order valence-corrected chi connectivity index (χ0v) is 14.8. The molecule has 4 rings (SSSR count). The van der Waals surface area contributed by atoms with Gasteiger partial charge in [-0.3, -0.25) is 0 Å². The molecule has 3 nitrogen and oxygen atoms in total. The van der Waals surface area contributed by atoms with Gasteiger partial charge >= 0.3 is 0 Å². The molecule has 0 saturated carbocycles. The molecule has 0 amide bonds. The van der Waals surface area contributed by atoms with E-state index in [4.69, 9.17) is 9.47 Å². The molecule has 3 aromatic carbocycles. The van der Waals surface area contributed by atoms with Crippen molar-refractivity contribution in [2.24, 2.45) is 0 Å². The Morgan fingerprint density at radius 2 is 1.38 bits per heavy atom. The number of ether oxygens (including phenoxy) is 2. The van der Waals surface area contributed by atoms with Gasteiger partial charge in [0.05, 0.1) is 6.61 Å². The summed E-state index contributed by atoms with van der Waals surface area (Å²) < 4.78 is 11.8. The lowest BCUT2D eigenvalue weighted by Crippen LogP contribution is -2.25. The normalized spacial score (nSPS) is 16.8. The monoisotopic (exact) mass is 345 g/mol. The lowest BCUT2D eigenvalue weighted by Gasteiger charge is -2.27. The molecule has 1 unspecified atom stereocenters. The second-order valence-electron chi connectivity index (χ2n) is 6.42. The van der Waals surface area contributed by atoms with Crippen LogP contribution in [-0.4, -0.2) is 12.9 Å². The second-order valence-corrected chi connectivity index (χ2v) is 6.42. The van der Waals surface area contributed by atoms with Crippen LogP contribution in [0.25, 0.3) is 0 Å². The Morgan fingerprint density at radius 3 is 2.00 bits per heavy atom. The number of anilines is 3. The summed E-state index contributed by atoms with van der Waals surface area (Å²) in [5.41, 5.74) is 3.30. The average Bonchev–Trinajstić information content (AvgIpc) is 2.71. The quantitative estimate of drug-likeness (QED) is 0.561. The zero-order valence-electron chi connectivity index (χ0n) is 14.8. The van der Waals surface area contributed by atoms with Gasteiger partial charge in [-0.05, 0) is 49.2 Å². The van der Waals surface area contributed by atoms with Crippen molar-refractivity contribution in [3.8, 4) is 5.75 Å². The van der Waals surface area contributed by atoms with E-state index >= 15 is 0 Å². The predicted molar refractivity (Wildman–Crippen MR) is 105 cm³/mol. The molecule has 1 atom stereocenters. The SMILES string of the molecule is c1ccc(N(c2ccccc2)c2cccc(OC3CCCCO3)c2)cc1. The highest BCUT2D eigenvalue weighted by Gasteiger charge is 2.17. The Balaban J connectivity index is 1.66. The summed E-state index contributed by atoms with van der Waals surface area (Å²) >= 11 is 0. The molecule has 1 fully saturated rings. The van der Waals surface area contributed by atoms with Gasteiger partial charge in [-0.25, -0.2) is 0 Å². The standard InChI is InChI=1S/C23H23NO2/c1-3-10-19(11-4-1)24(20-12-5-2-6-13-20)21-14-9-15-22(18-21)26-23-16-7-8-17-25-23/h1-6,9-15,18,23H,7-8,16-17H2. The van der Waals surface area contributed by atoms with Gasteiger partial charge in [0.2, 0.25) is 0 Å². The van der Waals surface area contributed by atoms with Crippen LogP contribution < -0.4 is 9.64 Å². The molecule has 0 aliphatic carbocycles. The summed E-state index contributed by atoms with van der Waals surface area (Å²) in [6, 6.07) is 29.0. The van der Waals surface area contributed by atoms with E-state index in [1.807, 2.05) is 24.3 Å². The summed E-state index contributed by atoms with van der Waals surface area (Å²) in [6.45, 7) is 0.782. The van der Waals surface area contributed by atoms with Crippen LogP contribution in [0.15, 0.2) is 84.9 Å². The van der Waals surface area contributed by atoms with E-state index in [0.717, 1.165) is 48.7 Å². The van der Waals surface area contributed by atoms with E-state index in [-0.39, 0.29) is 6.29 Å². The van der Waals surface area contributed by atoms with E-state index in [1.54, 1.807) is 0 Å². The summed E-state index contributed by atoms with van der Waals surface area (Å²) in [5.74, 6) is 0.839. The van der Waals surface area contributed by atoms with Gasteiger partial charge in [0, 0.05) is 29.5 Å². The van der Waals surface area contributed by atoms with Gasteiger partial charge < -0.3 is 14.4 Å². The average molecular weight is 345 g/mol. The number of hydrogen-bond donors (Lipinski definition) is 0. The molecule has 0 aromatic heterocycles. The number of para-hydroxylation sites is 2. The van der Waals surface area contributed by atoms with E-state index < -0.39 is 0 Å². The van der Waals surface area contributed by atoms with Gasteiger partial charge in [-0.1, -0.05) is 42.5 Å². The van der Waals surface area contributed by atoms with Crippen LogP contribution >= 0.6 is 0 Å². The van der Waals surface area contributed by atoms with Crippen LogP contribution in [0.5, 0.6) is 5.75 Å². The van der Waals surface area contributed by atoms with Crippen LogP contribution in [0.1, 0.15) is 19.3 Å². The van der Waals surface area contributed by atoms with Gasteiger partial charge in [0.15, 0.2) is 6.29 Å². The fourth-order valence-corrected chi connectivity index (χ4v) is 3.25. The molecule has 1 saturated heterocycles. The summed E-state index contributed by atoms with van der Waals surface area (Å²) in [7, 11) is 0. The lowest BCUT2D eigenvalue weighted by molar-refractivity contribution is -0.105. The number of benzene rings is 3. The molecule has 1 aliphatic rings. The van der Waals surface area contributed by atoms with Crippen molar-refractivity contribution in [3.05, 3.63) is 84.9 Å². The summed E-state index contributed by atoms with van der Waals surface area (Å²) in [6.07, 6.45) is 3.09. The van der Waals surface area contributed by atoms with Crippen molar-refractivity contribution in [2.75, 3.05) is 11.5 Å². The van der Waals surface area contributed by atoms with Crippen LogP contribution in [0.4, 0.5) is 17.1 Å². The number of hydrogen-bond acceptors (Lipinski definition) is 3. The molecule has 3 heteroatoms. The third-order valence-corrected chi connectivity index (χ3v) is 4.51. The van der Waals surface area contributed by atoms with Gasteiger partial charge in [-0.2, -0.15) is 0 Å². The maximum atomic E-state index is 6.07. The first-order chi connectivity index (χ1) is 12.9. The van der Waals surface area contributed by atoms with Gasteiger partial charge in [0.25, 0.3) is 0 Å². The highest BCUT2D eigenvalue weighted by Crippen LogP contribution is 2.36. The Labute approximate surface area is 154 Å². The second kappa shape index (κ2) is 8.07. The third kappa shape index (κ3) is 3.89. The molecule has 26 heavy (non-hydrogen) atoms. The van der Waals surface area contributed by atoms with E-state index in [9.17, 15) is 0 Å². The van der Waals surface area contributed by atoms with Gasteiger partial charge in [-0.15, -0.1) is 0 Å². The molecule has 1 heterocycles. The molecule has 0 spiro atoms. The van der Waals surface area contributed by atoms with Crippen LogP contribution in [0, 0.1) is 0 Å². The first-order valence-corrected chi connectivity index (χ1v) is 9.19. The van der Waals surface area contributed by atoms with Gasteiger partial charge in [0.1, 0.15) is 5.75 Å². The fraction of sp³-hybridized carbons (Fsp3) is 0.217. The Hall–Kier alpha value is -2.78. The molecule has 0 N–H and O–H groups in total. The fourth-order valence-electron chi connectivity index (χ4n) is 3.25. The van der Waals surface area contributed by atoms with Crippen molar-refractivity contribution in [1.29, 1.82) is 0 Å². The summed E-state index contributed by atoms with van der Waals surface area (Å²) in [5, 5.41) is 0. The van der Waals surface area contributed by atoms with Crippen molar-refractivity contribution < 1.29 is 9.47 Å². The van der Waals surface area contributed by atoms with Crippen LogP contribution in [0.3, 0.4) is 0 Å². The first kappa shape index (κ1) is 16.7. The summed E-state index contributed by atoms with van der Waals surface area (Å²) in [4.78, 5) is 2.23. The smallest absolute Gasteiger partial charge is 0.199 e. The van der Waals surface area contributed by atoms with Crippen molar-refractivity contribution in [2.45, 2.75) is 25.6 Å². The number of rotatable bonds is 5. The van der Waals surface area contributed by atoms with Crippen molar-refractivity contribution >= 4 is 17.1 Å². The Kier molecular flexibility index (Phi) is 5.17. The minimum absolute atomic E-state index is 0.138. The largest absolute Gasteiger partial charge is 0.465 e. The molecular weight excluding hydrogens is 322 g/mol. The molecule has 0 radical (unpaired) electrons. The van der Waals surface area contributed by atoms with E-state index in [2.05, 4.69) is 65.6 Å².